The topological polar surface area (TPSA) is 29.9 Å². The molecule has 0 saturated carbocycles. The Balaban J connectivity index is 2.45. The van der Waals surface area contributed by atoms with Gasteiger partial charge in [0.25, 0.3) is 0 Å². The Morgan fingerprint density at radius 2 is 2.20 bits per heavy atom. The van der Waals surface area contributed by atoms with Gasteiger partial charge in [-0.15, -0.1) is 0 Å². The van der Waals surface area contributed by atoms with Gasteiger partial charge in [0.15, 0.2) is 0 Å². The van der Waals surface area contributed by atoms with Gasteiger partial charge in [0, 0.05) is 24.5 Å². The lowest BCUT2D eigenvalue weighted by atomic mass is 10.1. The summed E-state index contributed by atoms with van der Waals surface area (Å²) in [5.74, 6) is 0.432. The Hall–Kier alpha value is -1.39. The summed E-state index contributed by atoms with van der Waals surface area (Å²) in [5, 5.41) is 3.42. The van der Waals surface area contributed by atoms with Crippen LogP contribution in [-0.2, 0) is 6.54 Å². The summed E-state index contributed by atoms with van der Waals surface area (Å²) in [7, 11) is 0. The molecule has 5 heteroatoms. The van der Waals surface area contributed by atoms with Crippen LogP contribution in [0.3, 0.4) is 0 Å². The van der Waals surface area contributed by atoms with Gasteiger partial charge in [-0.2, -0.15) is 0 Å². The standard InChI is InChI=1S/C15H19ClFN3/c1-3-9-20-10-8-19-15(20)14(18-4-2)11-6-5-7-12(16)13(11)17/h5-8,10,14,18H,3-4,9H2,1-2H3. The normalized spacial score (nSPS) is 12.6. The molecular formula is C15H19ClFN3. The molecule has 108 valence electrons. The monoisotopic (exact) mass is 295 g/mol. The Morgan fingerprint density at radius 1 is 1.40 bits per heavy atom. The van der Waals surface area contributed by atoms with E-state index in [2.05, 4.69) is 17.2 Å². The van der Waals surface area contributed by atoms with Crippen LogP contribution in [0.25, 0.3) is 0 Å². The Bertz CT molecular complexity index is 568. The van der Waals surface area contributed by atoms with Crippen molar-refractivity contribution in [3.05, 3.63) is 52.8 Å². The largest absolute Gasteiger partial charge is 0.333 e. The number of hydrogen-bond donors (Lipinski definition) is 1. The summed E-state index contributed by atoms with van der Waals surface area (Å²) in [5.41, 5.74) is 0.530. The molecule has 0 aliphatic carbocycles. The fourth-order valence-corrected chi connectivity index (χ4v) is 2.48. The van der Waals surface area contributed by atoms with Crippen LogP contribution in [0.4, 0.5) is 4.39 Å². The van der Waals surface area contributed by atoms with Gasteiger partial charge in [0.2, 0.25) is 0 Å². The molecule has 1 aromatic carbocycles. The number of aromatic nitrogens is 2. The van der Waals surface area contributed by atoms with Crippen molar-refractivity contribution in [2.24, 2.45) is 0 Å². The zero-order valence-electron chi connectivity index (χ0n) is 11.7. The van der Waals surface area contributed by atoms with Gasteiger partial charge in [-0.05, 0) is 19.0 Å². The Kier molecular flexibility index (Phi) is 5.15. The smallest absolute Gasteiger partial charge is 0.147 e. The Labute approximate surface area is 123 Å². The molecule has 0 saturated heterocycles. The lowest BCUT2D eigenvalue weighted by Gasteiger charge is -2.20. The minimum atomic E-state index is -0.383. The fourth-order valence-electron chi connectivity index (χ4n) is 2.30. The van der Waals surface area contributed by atoms with Crippen molar-refractivity contribution in [1.82, 2.24) is 14.9 Å². The maximum absolute atomic E-state index is 14.3. The van der Waals surface area contributed by atoms with Crippen LogP contribution in [0.15, 0.2) is 30.6 Å². The summed E-state index contributed by atoms with van der Waals surface area (Å²) in [4.78, 5) is 4.39. The van der Waals surface area contributed by atoms with Crippen molar-refractivity contribution in [1.29, 1.82) is 0 Å². The van der Waals surface area contributed by atoms with Crippen LogP contribution in [0.1, 0.15) is 37.7 Å². The Morgan fingerprint density at radius 3 is 2.90 bits per heavy atom. The van der Waals surface area contributed by atoms with E-state index in [0.29, 0.717) is 5.56 Å². The first-order chi connectivity index (χ1) is 9.69. The van der Waals surface area contributed by atoms with Gasteiger partial charge in [-0.3, -0.25) is 0 Å². The van der Waals surface area contributed by atoms with Crippen molar-refractivity contribution >= 4 is 11.6 Å². The summed E-state index contributed by atoms with van der Waals surface area (Å²) < 4.78 is 16.3. The predicted molar refractivity (Wildman–Crippen MR) is 79.4 cm³/mol. The van der Waals surface area contributed by atoms with Crippen LogP contribution in [-0.4, -0.2) is 16.1 Å². The van der Waals surface area contributed by atoms with Gasteiger partial charge in [-0.1, -0.05) is 37.6 Å². The van der Waals surface area contributed by atoms with E-state index in [1.165, 1.54) is 0 Å². The molecule has 0 spiro atoms. The molecule has 20 heavy (non-hydrogen) atoms. The molecule has 1 aromatic heterocycles. The second-order valence-corrected chi connectivity index (χ2v) is 5.02. The maximum atomic E-state index is 14.3. The van der Waals surface area contributed by atoms with Crippen LogP contribution in [0.5, 0.6) is 0 Å². The lowest BCUT2D eigenvalue weighted by molar-refractivity contribution is 0.515. The number of halogens is 2. The van der Waals surface area contributed by atoms with E-state index in [-0.39, 0.29) is 16.9 Å². The molecule has 0 amide bonds. The molecule has 0 aliphatic heterocycles. The summed E-state index contributed by atoms with van der Waals surface area (Å²) in [6.07, 6.45) is 4.67. The average molecular weight is 296 g/mol. The minimum Gasteiger partial charge on any atom is -0.333 e. The molecule has 0 bridgehead atoms. The highest BCUT2D eigenvalue weighted by atomic mass is 35.5. The molecule has 2 rings (SSSR count). The van der Waals surface area contributed by atoms with Crippen LogP contribution in [0, 0.1) is 5.82 Å². The van der Waals surface area contributed by atoms with E-state index in [1.807, 2.05) is 17.7 Å². The fraction of sp³-hybridized carbons (Fsp3) is 0.400. The number of benzene rings is 1. The maximum Gasteiger partial charge on any atom is 0.147 e. The predicted octanol–water partition coefficient (Wildman–Crippen LogP) is 3.78. The number of hydrogen-bond acceptors (Lipinski definition) is 2. The lowest BCUT2D eigenvalue weighted by Crippen LogP contribution is -2.26. The highest BCUT2D eigenvalue weighted by molar-refractivity contribution is 6.30. The third kappa shape index (κ3) is 3.02. The molecule has 3 nitrogen and oxygen atoms in total. The van der Waals surface area contributed by atoms with Crippen molar-refractivity contribution in [2.75, 3.05) is 6.54 Å². The number of nitrogens with zero attached hydrogens (tertiary/aromatic N) is 2. The summed E-state index contributed by atoms with van der Waals surface area (Å²) >= 11 is 5.89. The molecule has 2 aromatic rings. The number of imidazole rings is 1. The highest BCUT2D eigenvalue weighted by Crippen LogP contribution is 2.27. The number of aryl methyl sites for hydroxylation is 1. The first-order valence-corrected chi connectivity index (χ1v) is 7.25. The zero-order chi connectivity index (χ0) is 14.5. The second kappa shape index (κ2) is 6.86. The van der Waals surface area contributed by atoms with E-state index in [1.54, 1.807) is 24.4 Å². The van der Waals surface area contributed by atoms with Crippen molar-refractivity contribution < 1.29 is 4.39 Å². The molecule has 0 aliphatic rings. The van der Waals surface area contributed by atoms with Gasteiger partial charge >= 0.3 is 0 Å². The second-order valence-electron chi connectivity index (χ2n) is 4.61. The molecule has 1 atom stereocenters. The SMILES string of the molecule is CCCn1ccnc1C(NCC)c1cccc(Cl)c1F. The zero-order valence-corrected chi connectivity index (χ0v) is 12.5. The first kappa shape index (κ1) is 15.0. The third-order valence-electron chi connectivity index (χ3n) is 3.17. The average Bonchev–Trinajstić information content (AvgIpc) is 2.88. The molecule has 1 heterocycles. The van der Waals surface area contributed by atoms with Crippen molar-refractivity contribution in [3.8, 4) is 0 Å². The quantitative estimate of drug-likeness (QED) is 0.879. The third-order valence-corrected chi connectivity index (χ3v) is 3.46. The van der Waals surface area contributed by atoms with Crippen LogP contribution < -0.4 is 5.32 Å². The van der Waals surface area contributed by atoms with Crippen molar-refractivity contribution in [3.63, 3.8) is 0 Å². The molecular weight excluding hydrogens is 277 g/mol. The van der Waals surface area contributed by atoms with Gasteiger partial charge in [-0.25, -0.2) is 9.37 Å². The van der Waals surface area contributed by atoms with E-state index in [0.717, 1.165) is 25.3 Å². The van der Waals surface area contributed by atoms with E-state index < -0.39 is 0 Å². The van der Waals surface area contributed by atoms with Gasteiger partial charge in [0.1, 0.15) is 11.6 Å². The van der Waals surface area contributed by atoms with Gasteiger partial charge in [0.05, 0.1) is 11.1 Å². The van der Waals surface area contributed by atoms with E-state index in [9.17, 15) is 4.39 Å². The van der Waals surface area contributed by atoms with E-state index >= 15 is 0 Å². The molecule has 1 unspecified atom stereocenters. The minimum absolute atomic E-state index is 0.138. The first-order valence-electron chi connectivity index (χ1n) is 6.87. The van der Waals surface area contributed by atoms with Crippen LogP contribution >= 0.6 is 11.6 Å². The van der Waals surface area contributed by atoms with E-state index in [4.69, 9.17) is 11.6 Å². The van der Waals surface area contributed by atoms with Crippen LogP contribution in [0.2, 0.25) is 5.02 Å². The summed E-state index contributed by atoms with van der Waals surface area (Å²) in [6.45, 7) is 5.67. The van der Waals surface area contributed by atoms with Crippen molar-refractivity contribution in [2.45, 2.75) is 32.9 Å². The molecule has 0 fully saturated rings. The number of nitrogens with one attached hydrogen (secondary N) is 1. The summed E-state index contributed by atoms with van der Waals surface area (Å²) in [6, 6.07) is 4.78. The molecule has 0 radical (unpaired) electrons. The molecule has 1 N–H and O–H groups in total. The van der Waals surface area contributed by atoms with Gasteiger partial charge < -0.3 is 9.88 Å². The number of rotatable bonds is 6. The highest BCUT2D eigenvalue weighted by Gasteiger charge is 2.22.